The second-order valence-corrected chi connectivity index (χ2v) is 6.64. The van der Waals surface area contributed by atoms with Gasteiger partial charge in [0.1, 0.15) is 17.7 Å². The van der Waals surface area contributed by atoms with E-state index in [-0.39, 0.29) is 18.5 Å². The standard InChI is InChI=1S/C21H17FN4O3/c1-27-17-9-5-3-7-14(17)20-24-21(29-25-20)19-16-11-28-18(10-26(16)12-23-19)13-6-2-4-8-15(13)22/h2-9,12,18H,10-11H2,1H3/t18-/m1/s1. The highest BCUT2D eigenvalue weighted by Crippen LogP contribution is 2.33. The molecule has 0 unspecified atom stereocenters. The highest BCUT2D eigenvalue weighted by atomic mass is 19.1. The van der Waals surface area contributed by atoms with Crippen molar-refractivity contribution in [3.63, 3.8) is 0 Å². The molecule has 0 amide bonds. The Kier molecular flexibility index (Phi) is 4.33. The molecule has 1 atom stereocenters. The van der Waals surface area contributed by atoms with Gasteiger partial charge in [-0.1, -0.05) is 35.5 Å². The third kappa shape index (κ3) is 3.07. The van der Waals surface area contributed by atoms with Crippen molar-refractivity contribution in [2.45, 2.75) is 19.3 Å². The van der Waals surface area contributed by atoms with Crippen LogP contribution >= 0.6 is 0 Å². The van der Waals surface area contributed by atoms with E-state index in [9.17, 15) is 4.39 Å². The number of para-hydroxylation sites is 1. The van der Waals surface area contributed by atoms with Crippen molar-refractivity contribution in [3.8, 4) is 28.7 Å². The number of rotatable bonds is 4. The fourth-order valence-electron chi connectivity index (χ4n) is 3.49. The molecule has 0 saturated carbocycles. The number of aromatic nitrogens is 4. The lowest BCUT2D eigenvalue weighted by atomic mass is 10.1. The maximum absolute atomic E-state index is 14.1. The summed E-state index contributed by atoms with van der Waals surface area (Å²) >= 11 is 0. The van der Waals surface area contributed by atoms with Crippen molar-refractivity contribution in [1.29, 1.82) is 0 Å². The summed E-state index contributed by atoms with van der Waals surface area (Å²) < 4.78 is 32.8. The molecule has 5 rings (SSSR count). The Balaban J connectivity index is 1.44. The topological polar surface area (TPSA) is 75.2 Å². The molecule has 0 fully saturated rings. The average molecular weight is 392 g/mol. The SMILES string of the molecule is COc1ccccc1-c1noc(-c2ncn3c2CO[C@@H](c2ccccc2F)C3)n1. The lowest BCUT2D eigenvalue weighted by Crippen LogP contribution is -2.21. The van der Waals surface area contributed by atoms with Crippen LogP contribution in [0.25, 0.3) is 23.0 Å². The molecule has 8 heteroatoms. The summed E-state index contributed by atoms with van der Waals surface area (Å²) in [5.74, 6) is 1.09. The fraction of sp³-hybridized carbons (Fsp3) is 0.190. The van der Waals surface area contributed by atoms with Crippen LogP contribution in [0.5, 0.6) is 5.75 Å². The molecule has 0 bridgehead atoms. The van der Waals surface area contributed by atoms with Crippen molar-refractivity contribution >= 4 is 0 Å². The monoisotopic (exact) mass is 392 g/mol. The summed E-state index contributed by atoms with van der Waals surface area (Å²) in [5.41, 5.74) is 2.64. The van der Waals surface area contributed by atoms with Gasteiger partial charge >= 0.3 is 0 Å². The number of methoxy groups -OCH3 is 1. The number of benzene rings is 2. The summed E-state index contributed by atoms with van der Waals surface area (Å²) in [6, 6.07) is 14.1. The van der Waals surface area contributed by atoms with Crippen molar-refractivity contribution in [2.24, 2.45) is 0 Å². The Morgan fingerprint density at radius 2 is 1.97 bits per heavy atom. The van der Waals surface area contributed by atoms with Gasteiger partial charge in [0.2, 0.25) is 5.82 Å². The predicted octanol–water partition coefficient (Wildman–Crippen LogP) is 4.02. The zero-order valence-corrected chi connectivity index (χ0v) is 15.6. The highest BCUT2D eigenvalue weighted by molar-refractivity contribution is 5.65. The van der Waals surface area contributed by atoms with Crippen LogP contribution in [0.15, 0.2) is 59.4 Å². The molecule has 0 N–H and O–H groups in total. The molecule has 2 aromatic carbocycles. The van der Waals surface area contributed by atoms with Gasteiger partial charge in [-0.25, -0.2) is 9.37 Å². The third-order valence-corrected chi connectivity index (χ3v) is 4.96. The number of ether oxygens (including phenoxy) is 2. The Bertz CT molecular complexity index is 1170. The average Bonchev–Trinajstić information content (AvgIpc) is 3.40. The van der Waals surface area contributed by atoms with E-state index in [1.165, 1.54) is 6.07 Å². The Morgan fingerprint density at radius 1 is 1.14 bits per heavy atom. The van der Waals surface area contributed by atoms with E-state index < -0.39 is 0 Å². The minimum Gasteiger partial charge on any atom is -0.496 e. The quantitative estimate of drug-likeness (QED) is 0.522. The molecule has 29 heavy (non-hydrogen) atoms. The Hall–Kier alpha value is -3.52. The summed E-state index contributed by atoms with van der Waals surface area (Å²) in [6.07, 6.45) is 1.31. The van der Waals surface area contributed by atoms with E-state index in [0.717, 1.165) is 11.3 Å². The van der Waals surface area contributed by atoms with Gasteiger partial charge in [-0.05, 0) is 18.2 Å². The molecule has 0 saturated heterocycles. The molecular weight excluding hydrogens is 375 g/mol. The zero-order valence-electron chi connectivity index (χ0n) is 15.6. The van der Waals surface area contributed by atoms with Crippen LogP contribution in [0.3, 0.4) is 0 Å². The van der Waals surface area contributed by atoms with Crippen molar-refractivity contribution in [2.75, 3.05) is 7.11 Å². The number of imidazole rings is 1. The molecule has 1 aliphatic heterocycles. The van der Waals surface area contributed by atoms with Crippen LogP contribution < -0.4 is 4.74 Å². The lowest BCUT2D eigenvalue weighted by molar-refractivity contribution is 0.00126. The molecule has 1 aliphatic rings. The second kappa shape index (κ2) is 7.14. The molecule has 3 heterocycles. The maximum Gasteiger partial charge on any atom is 0.278 e. The minimum atomic E-state index is -0.377. The van der Waals surface area contributed by atoms with Crippen LogP contribution in [0.1, 0.15) is 17.4 Å². The highest BCUT2D eigenvalue weighted by Gasteiger charge is 2.28. The molecule has 146 valence electrons. The number of fused-ring (bicyclic) bond motifs is 1. The molecule has 2 aromatic heterocycles. The first-order chi connectivity index (χ1) is 14.2. The normalized spacial score (nSPS) is 15.9. The molecule has 0 radical (unpaired) electrons. The first kappa shape index (κ1) is 17.6. The third-order valence-electron chi connectivity index (χ3n) is 4.96. The number of hydrogen-bond donors (Lipinski definition) is 0. The number of hydrogen-bond acceptors (Lipinski definition) is 6. The largest absolute Gasteiger partial charge is 0.496 e. The van der Waals surface area contributed by atoms with Crippen LogP contribution in [-0.2, 0) is 17.9 Å². The van der Waals surface area contributed by atoms with Crippen LogP contribution in [0.2, 0.25) is 0 Å². The molecule has 0 aliphatic carbocycles. The molecular formula is C21H17FN4O3. The Morgan fingerprint density at radius 3 is 2.83 bits per heavy atom. The maximum atomic E-state index is 14.1. The van der Waals surface area contributed by atoms with Gasteiger partial charge in [0.15, 0.2) is 5.69 Å². The summed E-state index contributed by atoms with van der Waals surface area (Å²) in [5, 5.41) is 4.07. The zero-order chi connectivity index (χ0) is 19.8. The van der Waals surface area contributed by atoms with Gasteiger partial charge in [0.05, 0.1) is 37.8 Å². The lowest BCUT2D eigenvalue weighted by Gasteiger charge is -2.25. The van der Waals surface area contributed by atoms with E-state index in [2.05, 4.69) is 15.1 Å². The second-order valence-electron chi connectivity index (χ2n) is 6.64. The van der Waals surface area contributed by atoms with E-state index >= 15 is 0 Å². The van der Waals surface area contributed by atoms with E-state index in [1.54, 1.807) is 31.6 Å². The van der Waals surface area contributed by atoms with Gasteiger partial charge in [-0.2, -0.15) is 4.98 Å². The number of halogens is 1. The van der Waals surface area contributed by atoms with Gasteiger partial charge < -0.3 is 18.6 Å². The van der Waals surface area contributed by atoms with Gasteiger partial charge in [-0.15, -0.1) is 0 Å². The summed E-state index contributed by atoms with van der Waals surface area (Å²) in [7, 11) is 1.59. The molecule has 0 spiro atoms. The number of nitrogens with zero attached hydrogens (tertiary/aromatic N) is 4. The smallest absolute Gasteiger partial charge is 0.278 e. The van der Waals surface area contributed by atoms with Crippen molar-refractivity contribution < 1.29 is 18.4 Å². The van der Waals surface area contributed by atoms with E-state index in [0.29, 0.717) is 35.3 Å². The van der Waals surface area contributed by atoms with Gasteiger partial charge in [-0.3, -0.25) is 0 Å². The van der Waals surface area contributed by atoms with Crippen LogP contribution in [0, 0.1) is 5.82 Å². The fourth-order valence-corrected chi connectivity index (χ4v) is 3.49. The Labute approximate surface area is 165 Å². The van der Waals surface area contributed by atoms with Crippen LogP contribution in [0.4, 0.5) is 4.39 Å². The van der Waals surface area contributed by atoms with Crippen molar-refractivity contribution in [3.05, 3.63) is 71.9 Å². The first-order valence-electron chi connectivity index (χ1n) is 9.12. The minimum absolute atomic E-state index is 0.265. The van der Waals surface area contributed by atoms with Crippen molar-refractivity contribution in [1.82, 2.24) is 19.7 Å². The van der Waals surface area contributed by atoms with Crippen LogP contribution in [-0.4, -0.2) is 26.8 Å². The van der Waals surface area contributed by atoms with Gasteiger partial charge in [0, 0.05) is 5.56 Å². The molecule has 4 aromatic rings. The summed E-state index contributed by atoms with van der Waals surface area (Å²) in [6.45, 7) is 0.720. The molecule has 7 nitrogen and oxygen atoms in total. The van der Waals surface area contributed by atoms with E-state index in [4.69, 9.17) is 14.0 Å². The van der Waals surface area contributed by atoms with Gasteiger partial charge in [0.25, 0.3) is 5.89 Å². The van der Waals surface area contributed by atoms with E-state index in [1.807, 2.05) is 28.8 Å². The first-order valence-corrected chi connectivity index (χ1v) is 9.12. The predicted molar refractivity (Wildman–Crippen MR) is 101 cm³/mol. The summed E-state index contributed by atoms with van der Waals surface area (Å²) in [4.78, 5) is 8.91.